The lowest BCUT2D eigenvalue weighted by molar-refractivity contribution is 0.0926. The third-order valence-electron chi connectivity index (χ3n) is 2.80. The van der Waals surface area contributed by atoms with Gasteiger partial charge in [0, 0.05) is 6.54 Å². The van der Waals surface area contributed by atoms with E-state index in [0.29, 0.717) is 29.5 Å². The first-order chi connectivity index (χ1) is 10.1. The molecule has 21 heavy (non-hydrogen) atoms. The summed E-state index contributed by atoms with van der Waals surface area (Å²) >= 11 is 6.17. The molecule has 0 aliphatic heterocycles. The summed E-state index contributed by atoms with van der Waals surface area (Å²) in [4.78, 5) is 11.7. The van der Waals surface area contributed by atoms with Crippen LogP contribution in [0, 0.1) is 0 Å². The van der Waals surface area contributed by atoms with Gasteiger partial charge in [-0.25, -0.2) is 0 Å². The van der Waals surface area contributed by atoms with Gasteiger partial charge in [-0.2, -0.15) is 0 Å². The van der Waals surface area contributed by atoms with Crippen LogP contribution in [0.1, 0.15) is 30.0 Å². The smallest absolute Gasteiger partial charge is 0.286 e. The van der Waals surface area contributed by atoms with Crippen LogP contribution in [-0.4, -0.2) is 18.6 Å². The Morgan fingerprint density at radius 2 is 2.19 bits per heavy atom. The summed E-state index contributed by atoms with van der Waals surface area (Å²) in [5, 5.41) is 3.37. The van der Waals surface area contributed by atoms with Crippen LogP contribution in [0.4, 0.5) is 0 Å². The zero-order chi connectivity index (χ0) is 15.2. The number of hydrogen-bond donors (Lipinski definition) is 1. The Labute approximate surface area is 129 Å². The molecule has 0 saturated carbocycles. The number of carbonyl (C=O) groups is 1. The summed E-state index contributed by atoms with van der Waals surface area (Å²) in [6.45, 7) is 4.42. The number of rotatable bonds is 6. The van der Waals surface area contributed by atoms with E-state index in [1.807, 2.05) is 32.0 Å². The highest BCUT2D eigenvalue weighted by molar-refractivity contribution is 6.32. The van der Waals surface area contributed by atoms with Crippen molar-refractivity contribution in [3.8, 4) is 5.75 Å². The molecule has 112 valence electrons. The first-order valence-electron chi connectivity index (χ1n) is 6.83. The number of nitrogens with one attached hydrogen (secondary N) is 1. The zero-order valence-corrected chi connectivity index (χ0v) is 12.8. The third-order valence-corrected chi connectivity index (χ3v) is 3.10. The van der Waals surface area contributed by atoms with Crippen molar-refractivity contribution in [1.29, 1.82) is 0 Å². The monoisotopic (exact) mass is 307 g/mol. The SMILES string of the molecule is CC(C)Oc1ccc(CCNC(=O)c2ccco2)cc1Cl. The summed E-state index contributed by atoms with van der Waals surface area (Å²) in [7, 11) is 0. The Hall–Kier alpha value is -1.94. The van der Waals surface area contributed by atoms with Crippen LogP contribution in [0.2, 0.25) is 5.02 Å². The Kier molecular flexibility index (Phi) is 5.28. The molecule has 0 bridgehead atoms. The van der Waals surface area contributed by atoms with Gasteiger partial charge in [0.25, 0.3) is 5.91 Å². The molecule has 0 aliphatic carbocycles. The van der Waals surface area contributed by atoms with Gasteiger partial charge < -0.3 is 14.5 Å². The number of halogens is 1. The lowest BCUT2D eigenvalue weighted by Gasteiger charge is -2.12. The van der Waals surface area contributed by atoms with E-state index >= 15 is 0 Å². The van der Waals surface area contributed by atoms with Crippen molar-refractivity contribution in [2.45, 2.75) is 26.4 Å². The molecule has 1 aromatic heterocycles. The fraction of sp³-hybridized carbons (Fsp3) is 0.312. The van der Waals surface area contributed by atoms with Gasteiger partial charge in [-0.3, -0.25) is 4.79 Å². The predicted octanol–water partition coefficient (Wildman–Crippen LogP) is 3.69. The van der Waals surface area contributed by atoms with Crippen molar-refractivity contribution >= 4 is 17.5 Å². The van der Waals surface area contributed by atoms with E-state index in [1.165, 1.54) is 6.26 Å². The molecule has 0 atom stereocenters. The second kappa shape index (κ2) is 7.18. The highest BCUT2D eigenvalue weighted by Crippen LogP contribution is 2.26. The maximum Gasteiger partial charge on any atom is 0.286 e. The van der Waals surface area contributed by atoms with Gasteiger partial charge in [-0.05, 0) is 50.1 Å². The van der Waals surface area contributed by atoms with Crippen LogP contribution in [0.25, 0.3) is 0 Å². The fourth-order valence-electron chi connectivity index (χ4n) is 1.86. The second-order valence-corrected chi connectivity index (χ2v) is 5.32. The number of carbonyl (C=O) groups excluding carboxylic acids is 1. The molecular weight excluding hydrogens is 290 g/mol. The van der Waals surface area contributed by atoms with Gasteiger partial charge in [-0.15, -0.1) is 0 Å². The molecule has 2 rings (SSSR count). The summed E-state index contributed by atoms with van der Waals surface area (Å²) < 4.78 is 10.6. The molecule has 1 heterocycles. The molecule has 0 aliphatic rings. The van der Waals surface area contributed by atoms with E-state index in [2.05, 4.69) is 5.32 Å². The van der Waals surface area contributed by atoms with Crippen molar-refractivity contribution in [3.05, 3.63) is 52.9 Å². The third kappa shape index (κ3) is 4.53. The lowest BCUT2D eigenvalue weighted by atomic mass is 10.1. The van der Waals surface area contributed by atoms with Crippen molar-refractivity contribution in [3.63, 3.8) is 0 Å². The average Bonchev–Trinajstić information content (AvgIpc) is 2.95. The Morgan fingerprint density at radius 1 is 1.38 bits per heavy atom. The van der Waals surface area contributed by atoms with Crippen molar-refractivity contribution in [2.24, 2.45) is 0 Å². The minimum atomic E-state index is -0.217. The van der Waals surface area contributed by atoms with Crippen molar-refractivity contribution in [1.82, 2.24) is 5.32 Å². The molecule has 0 fully saturated rings. The van der Waals surface area contributed by atoms with E-state index in [4.69, 9.17) is 20.8 Å². The quantitative estimate of drug-likeness (QED) is 0.885. The summed E-state index contributed by atoms with van der Waals surface area (Å²) in [6.07, 6.45) is 2.25. The topological polar surface area (TPSA) is 51.5 Å². The molecule has 1 aromatic carbocycles. The second-order valence-electron chi connectivity index (χ2n) is 4.91. The van der Waals surface area contributed by atoms with Gasteiger partial charge in [0.1, 0.15) is 5.75 Å². The number of hydrogen-bond acceptors (Lipinski definition) is 3. The molecule has 1 amide bonds. The van der Waals surface area contributed by atoms with Crippen LogP contribution in [0.15, 0.2) is 41.0 Å². The van der Waals surface area contributed by atoms with E-state index in [0.717, 1.165) is 5.56 Å². The van der Waals surface area contributed by atoms with E-state index in [-0.39, 0.29) is 12.0 Å². The average molecular weight is 308 g/mol. The van der Waals surface area contributed by atoms with Gasteiger partial charge >= 0.3 is 0 Å². The summed E-state index contributed by atoms with van der Waals surface area (Å²) in [6, 6.07) is 8.97. The van der Waals surface area contributed by atoms with Gasteiger partial charge in [-0.1, -0.05) is 17.7 Å². The maximum atomic E-state index is 11.7. The summed E-state index contributed by atoms with van der Waals surface area (Å²) in [5.41, 5.74) is 1.04. The number of ether oxygens (including phenoxy) is 1. The molecule has 5 heteroatoms. The van der Waals surface area contributed by atoms with Crippen LogP contribution >= 0.6 is 11.6 Å². The van der Waals surface area contributed by atoms with E-state index in [9.17, 15) is 4.79 Å². The highest BCUT2D eigenvalue weighted by Gasteiger charge is 2.08. The Balaban J connectivity index is 1.86. The van der Waals surface area contributed by atoms with Gasteiger partial charge in [0.15, 0.2) is 5.76 Å². The molecule has 1 N–H and O–H groups in total. The lowest BCUT2D eigenvalue weighted by Crippen LogP contribution is -2.25. The minimum Gasteiger partial charge on any atom is -0.489 e. The molecule has 4 nitrogen and oxygen atoms in total. The van der Waals surface area contributed by atoms with Crippen molar-refractivity contribution in [2.75, 3.05) is 6.54 Å². The number of benzene rings is 1. The fourth-order valence-corrected chi connectivity index (χ4v) is 2.11. The summed E-state index contributed by atoms with van der Waals surface area (Å²) in [5.74, 6) is 0.773. The first kappa shape index (κ1) is 15.4. The van der Waals surface area contributed by atoms with Crippen LogP contribution in [0.5, 0.6) is 5.75 Å². The predicted molar refractivity (Wildman–Crippen MR) is 82.0 cm³/mol. The van der Waals surface area contributed by atoms with Gasteiger partial charge in [0.2, 0.25) is 0 Å². The zero-order valence-electron chi connectivity index (χ0n) is 12.1. The van der Waals surface area contributed by atoms with Crippen LogP contribution < -0.4 is 10.1 Å². The standard InChI is InChI=1S/C16H18ClNO3/c1-11(2)21-14-6-5-12(10-13(14)17)7-8-18-16(19)15-4-3-9-20-15/h3-6,9-11H,7-8H2,1-2H3,(H,18,19). The van der Waals surface area contributed by atoms with Crippen LogP contribution in [-0.2, 0) is 6.42 Å². The van der Waals surface area contributed by atoms with E-state index < -0.39 is 0 Å². The molecule has 0 saturated heterocycles. The molecule has 0 unspecified atom stereocenters. The largest absolute Gasteiger partial charge is 0.489 e. The molecule has 0 spiro atoms. The maximum absolute atomic E-state index is 11.7. The Morgan fingerprint density at radius 3 is 2.81 bits per heavy atom. The molecule has 0 radical (unpaired) electrons. The van der Waals surface area contributed by atoms with Crippen LogP contribution in [0.3, 0.4) is 0 Å². The normalized spacial score (nSPS) is 10.7. The molecule has 2 aromatic rings. The van der Waals surface area contributed by atoms with Gasteiger partial charge in [0.05, 0.1) is 17.4 Å². The number of amides is 1. The van der Waals surface area contributed by atoms with Crippen molar-refractivity contribution < 1.29 is 13.9 Å². The van der Waals surface area contributed by atoms with E-state index in [1.54, 1.807) is 12.1 Å². The number of furan rings is 1. The Bertz CT molecular complexity index is 594. The first-order valence-corrected chi connectivity index (χ1v) is 7.21. The minimum absolute atomic E-state index is 0.0842. The highest BCUT2D eigenvalue weighted by atomic mass is 35.5. The molecular formula is C16H18ClNO3.